The molecule has 1 aliphatic rings. The van der Waals surface area contributed by atoms with Gasteiger partial charge in [-0.05, 0) is 66.6 Å². The molecule has 3 aromatic carbocycles. The predicted octanol–water partition coefficient (Wildman–Crippen LogP) is 5.46. The Morgan fingerprint density at radius 1 is 1.16 bits per heavy atom. The molecule has 1 amide bonds. The summed E-state index contributed by atoms with van der Waals surface area (Å²) in [5.41, 5.74) is 3.21. The highest BCUT2D eigenvalue weighted by molar-refractivity contribution is 9.10. The molecule has 9 nitrogen and oxygen atoms in total. The largest absolute Gasteiger partial charge is 0.490 e. The van der Waals surface area contributed by atoms with Crippen molar-refractivity contribution in [2.75, 3.05) is 20.3 Å². The Labute approximate surface area is 225 Å². The Bertz CT molecular complexity index is 1490. The summed E-state index contributed by atoms with van der Waals surface area (Å²) in [6.07, 6.45) is 1.43. The van der Waals surface area contributed by atoms with E-state index in [-0.39, 0.29) is 36.3 Å². The number of amides is 1. The van der Waals surface area contributed by atoms with E-state index in [9.17, 15) is 19.3 Å². The molecule has 1 atom stereocenters. The van der Waals surface area contributed by atoms with Gasteiger partial charge in [-0.2, -0.15) is 5.10 Å². The summed E-state index contributed by atoms with van der Waals surface area (Å²) in [5, 5.41) is 16.2. The quantitative estimate of drug-likeness (QED) is 0.203. The van der Waals surface area contributed by atoms with Gasteiger partial charge in [-0.3, -0.25) is 14.9 Å². The molecule has 0 radical (unpaired) electrons. The number of carbonyl (C=O) groups is 1. The normalized spacial score (nSPS) is 15.2. The monoisotopic (exact) mass is 580 g/mol. The van der Waals surface area contributed by atoms with Crippen LogP contribution in [0.4, 0.5) is 10.1 Å². The van der Waals surface area contributed by atoms with Crippen LogP contribution in [0.15, 0.2) is 77.4 Å². The van der Waals surface area contributed by atoms with Gasteiger partial charge in [0.15, 0.2) is 12.0 Å². The Morgan fingerprint density at radius 3 is 2.58 bits per heavy atom. The zero-order chi connectivity index (χ0) is 26.8. The van der Waals surface area contributed by atoms with Crippen LogP contribution in [0.1, 0.15) is 17.4 Å². The Hall–Kier alpha value is -4.09. The van der Waals surface area contributed by atoms with Gasteiger partial charge in [-0.15, -0.1) is 0 Å². The standard InChI is InChI=1S/C27H22BrFN4O5/c1-37-24-11-2-17(14-23(24)33(35)36)12-13-31-25(34)16-38-27(31)22-15-32(21-9-5-19(28)6-10-21)30-26(22)18-3-7-20(29)8-4-18/h2-11,14-15,27H,12-13,16H2,1H3. The minimum Gasteiger partial charge on any atom is -0.490 e. The van der Waals surface area contributed by atoms with Crippen LogP contribution in [-0.4, -0.2) is 45.8 Å². The fourth-order valence-corrected chi connectivity index (χ4v) is 4.63. The maximum absolute atomic E-state index is 13.7. The van der Waals surface area contributed by atoms with E-state index >= 15 is 0 Å². The van der Waals surface area contributed by atoms with E-state index in [0.717, 1.165) is 10.2 Å². The van der Waals surface area contributed by atoms with E-state index in [0.29, 0.717) is 28.8 Å². The lowest BCUT2D eigenvalue weighted by Crippen LogP contribution is -2.30. The van der Waals surface area contributed by atoms with Crippen LogP contribution in [0, 0.1) is 15.9 Å². The summed E-state index contributed by atoms with van der Waals surface area (Å²) in [6, 6.07) is 18.3. The molecule has 1 unspecified atom stereocenters. The van der Waals surface area contributed by atoms with Crippen molar-refractivity contribution in [2.24, 2.45) is 0 Å². The first-order chi connectivity index (χ1) is 18.3. The highest BCUT2D eigenvalue weighted by Crippen LogP contribution is 2.36. The topological polar surface area (TPSA) is 99.7 Å². The van der Waals surface area contributed by atoms with Gasteiger partial charge in [0.1, 0.15) is 18.1 Å². The van der Waals surface area contributed by atoms with Crippen molar-refractivity contribution < 1.29 is 23.6 Å². The lowest BCUT2D eigenvalue weighted by molar-refractivity contribution is -0.385. The molecular weight excluding hydrogens is 559 g/mol. The third kappa shape index (κ3) is 5.15. The second-order valence-corrected chi connectivity index (χ2v) is 9.54. The van der Waals surface area contributed by atoms with Crippen molar-refractivity contribution in [1.82, 2.24) is 14.7 Å². The van der Waals surface area contributed by atoms with Crippen molar-refractivity contribution in [2.45, 2.75) is 12.6 Å². The van der Waals surface area contributed by atoms with Gasteiger partial charge in [0, 0.05) is 34.4 Å². The summed E-state index contributed by atoms with van der Waals surface area (Å²) in [5.74, 6) is -0.411. The highest BCUT2D eigenvalue weighted by atomic mass is 79.9. The number of nitro groups is 1. The average molecular weight is 581 g/mol. The van der Waals surface area contributed by atoms with Gasteiger partial charge >= 0.3 is 5.69 Å². The molecule has 0 spiro atoms. The third-order valence-electron chi connectivity index (χ3n) is 6.27. The van der Waals surface area contributed by atoms with Crippen molar-refractivity contribution >= 4 is 27.5 Å². The molecule has 1 aliphatic heterocycles. The summed E-state index contributed by atoms with van der Waals surface area (Å²) in [4.78, 5) is 25.4. The van der Waals surface area contributed by atoms with Crippen LogP contribution in [-0.2, 0) is 16.0 Å². The van der Waals surface area contributed by atoms with Gasteiger partial charge in [-0.25, -0.2) is 9.07 Å². The van der Waals surface area contributed by atoms with E-state index in [1.807, 2.05) is 24.3 Å². The molecule has 0 N–H and O–H groups in total. The van der Waals surface area contributed by atoms with Crippen LogP contribution in [0.2, 0.25) is 0 Å². The third-order valence-corrected chi connectivity index (χ3v) is 6.80. The van der Waals surface area contributed by atoms with E-state index < -0.39 is 11.2 Å². The number of methoxy groups -OCH3 is 1. The molecule has 1 saturated heterocycles. The zero-order valence-corrected chi connectivity index (χ0v) is 21.8. The minimum absolute atomic E-state index is 0.111. The molecule has 0 saturated carbocycles. The molecule has 2 heterocycles. The molecule has 1 aromatic heterocycles. The summed E-state index contributed by atoms with van der Waals surface area (Å²) >= 11 is 3.43. The van der Waals surface area contributed by atoms with E-state index in [2.05, 4.69) is 15.9 Å². The van der Waals surface area contributed by atoms with Gasteiger partial charge in [0.2, 0.25) is 0 Å². The number of ether oxygens (including phenoxy) is 2. The SMILES string of the molecule is COc1ccc(CCN2C(=O)COC2c2cn(-c3ccc(Br)cc3)nc2-c2ccc(F)cc2)cc1[N+](=O)[O-]. The number of benzene rings is 3. The van der Waals surface area contributed by atoms with Crippen LogP contribution in [0.25, 0.3) is 16.9 Å². The van der Waals surface area contributed by atoms with Gasteiger partial charge in [0.05, 0.1) is 17.7 Å². The maximum Gasteiger partial charge on any atom is 0.311 e. The predicted molar refractivity (Wildman–Crippen MR) is 140 cm³/mol. The number of aromatic nitrogens is 2. The number of halogens is 2. The molecule has 0 bridgehead atoms. The number of nitrogens with zero attached hydrogens (tertiary/aromatic N) is 4. The lowest BCUT2D eigenvalue weighted by Gasteiger charge is -2.23. The van der Waals surface area contributed by atoms with Crippen molar-refractivity contribution in [3.05, 3.63) is 104 Å². The fraction of sp³-hybridized carbons (Fsp3) is 0.185. The molecule has 194 valence electrons. The number of nitro benzene ring substituents is 1. The number of carbonyl (C=O) groups excluding carboxylic acids is 1. The molecule has 38 heavy (non-hydrogen) atoms. The number of rotatable bonds is 8. The first-order valence-corrected chi connectivity index (χ1v) is 12.5. The van der Waals surface area contributed by atoms with Crippen LogP contribution in [0.3, 0.4) is 0 Å². The van der Waals surface area contributed by atoms with Crippen LogP contribution >= 0.6 is 15.9 Å². The summed E-state index contributed by atoms with van der Waals surface area (Å²) in [7, 11) is 1.37. The van der Waals surface area contributed by atoms with Gasteiger partial charge in [0.25, 0.3) is 5.91 Å². The smallest absolute Gasteiger partial charge is 0.311 e. The van der Waals surface area contributed by atoms with E-state index in [1.165, 1.54) is 25.3 Å². The maximum atomic E-state index is 13.7. The van der Waals surface area contributed by atoms with Crippen LogP contribution in [0.5, 0.6) is 5.75 Å². The van der Waals surface area contributed by atoms with Crippen molar-refractivity contribution in [3.8, 4) is 22.7 Å². The minimum atomic E-state index is -0.736. The zero-order valence-electron chi connectivity index (χ0n) is 20.2. The van der Waals surface area contributed by atoms with Crippen molar-refractivity contribution in [3.63, 3.8) is 0 Å². The Balaban J connectivity index is 1.48. The Morgan fingerprint density at radius 2 is 1.89 bits per heavy atom. The van der Waals surface area contributed by atoms with Gasteiger partial charge < -0.3 is 14.4 Å². The van der Waals surface area contributed by atoms with Crippen molar-refractivity contribution in [1.29, 1.82) is 0 Å². The average Bonchev–Trinajstić information content (AvgIpc) is 3.51. The first kappa shape index (κ1) is 25.6. The van der Waals surface area contributed by atoms with E-state index in [4.69, 9.17) is 14.6 Å². The molecule has 4 aromatic rings. The van der Waals surface area contributed by atoms with E-state index in [1.54, 1.807) is 40.0 Å². The molecular formula is C27H22BrFN4O5. The summed E-state index contributed by atoms with van der Waals surface area (Å²) in [6.45, 7) is 0.152. The molecule has 11 heteroatoms. The highest BCUT2D eigenvalue weighted by Gasteiger charge is 2.36. The molecule has 1 fully saturated rings. The fourth-order valence-electron chi connectivity index (χ4n) is 4.36. The van der Waals surface area contributed by atoms with Crippen LogP contribution < -0.4 is 4.74 Å². The number of hydrogen-bond donors (Lipinski definition) is 0. The second kappa shape index (κ2) is 10.7. The summed E-state index contributed by atoms with van der Waals surface area (Å²) < 4.78 is 27.3. The Kier molecular flexibility index (Phi) is 7.21. The lowest BCUT2D eigenvalue weighted by atomic mass is 10.1. The van der Waals surface area contributed by atoms with Gasteiger partial charge in [-0.1, -0.05) is 22.0 Å². The second-order valence-electron chi connectivity index (χ2n) is 8.62. The first-order valence-electron chi connectivity index (χ1n) is 11.7. The molecule has 0 aliphatic carbocycles. The number of hydrogen-bond acceptors (Lipinski definition) is 6. The molecule has 5 rings (SSSR count).